The van der Waals surface area contributed by atoms with Gasteiger partial charge in [-0.25, -0.2) is 0 Å². The SMILES string of the molecule is C=C(C)C1=NCC(CCC)C=C1Br. The van der Waals surface area contributed by atoms with Crippen molar-refractivity contribution in [1.82, 2.24) is 0 Å². The van der Waals surface area contributed by atoms with Gasteiger partial charge in [-0.1, -0.05) is 26.0 Å². The number of halogens is 1. The molecule has 1 rings (SSSR count). The van der Waals surface area contributed by atoms with Crippen LogP contribution in [0.1, 0.15) is 26.7 Å². The monoisotopic (exact) mass is 241 g/mol. The lowest BCUT2D eigenvalue weighted by Gasteiger charge is -2.17. The Morgan fingerprint density at radius 2 is 2.46 bits per heavy atom. The highest BCUT2D eigenvalue weighted by Crippen LogP contribution is 2.23. The third kappa shape index (κ3) is 2.80. The summed E-state index contributed by atoms with van der Waals surface area (Å²) in [6.45, 7) is 9.02. The minimum Gasteiger partial charge on any atom is -0.283 e. The molecule has 0 N–H and O–H groups in total. The predicted molar refractivity (Wildman–Crippen MR) is 62.5 cm³/mol. The highest BCUT2D eigenvalue weighted by atomic mass is 79.9. The van der Waals surface area contributed by atoms with Gasteiger partial charge in [0, 0.05) is 11.0 Å². The second kappa shape index (κ2) is 4.75. The smallest absolute Gasteiger partial charge is 0.0736 e. The van der Waals surface area contributed by atoms with Gasteiger partial charge in [0.25, 0.3) is 0 Å². The highest BCUT2D eigenvalue weighted by Gasteiger charge is 2.14. The fourth-order valence-electron chi connectivity index (χ4n) is 1.51. The largest absolute Gasteiger partial charge is 0.283 e. The van der Waals surface area contributed by atoms with Crippen molar-refractivity contribution in [2.75, 3.05) is 6.54 Å². The Balaban J connectivity index is 2.69. The zero-order valence-electron chi connectivity index (χ0n) is 8.31. The van der Waals surface area contributed by atoms with Crippen LogP contribution < -0.4 is 0 Å². The van der Waals surface area contributed by atoms with Crippen molar-refractivity contribution in [2.24, 2.45) is 10.9 Å². The molecule has 0 aliphatic carbocycles. The topological polar surface area (TPSA) is 12.4 Å². The minimum absolute atomic E-state index is 0.613. The van der Waals surface area contributed by atoms with E-state index in [1.165, 1.54) is 12.8 Å². The molecule has 0 radical (unpaired) electrons. The molecular formula is C11H16BrN. The Kier molecular flexibility index (Phi) is 3.91. The van der Waals surface area contributed by atoms with Crippen LogP contribution in [0, 0.1) is 5.92 Å². The van der Waals surface area contributed by atoms with Crippen LogP contribution >= 0.6 is 15.9 Å². The summed E-state index contributed by atoms with van der Waals surface area (Å²) in [5.41, 5.74) is 2.07. The number of dihydropyridines is 1. The molecule has 1 atom stereocenters. The number of nitrogens with zero attached hydrogens (tertiary/aromatic N) is 1. The molecule has 1 heterocycles. The number of hydrogen-bond acceptors (Lipinski definition) is 1. The predicted octanol–water partition coefficient (Wildman–Crippen LogP) is 3.71. The van der Waals surface area contributed by atoms with Crippen LogP contribution in [0.4, 0.5) is 0 Å². The summed E-state index contributed by atoms with van der Waals surface area (Å²) in [7, 11) is 0. The van der Waals surface area contributed by atoms with E-state index in [1.807, 2.05) is 6.92 Å². The molecule has 2 heteroatoms. The molecule has 0 aromatic carbocycles. The summed E-state index contributed by atoms with van der Waals surface area (Å²) >= 11 is 3.54. The third-order valence-electron chi connectivity index (χ3n) is 2.16. The molecule has 1 unspecified atom stereocenters. The molecule has 13 heavy (non-hydrogen) atoms. The van der Waals surface area contributed by atoms with Crippen LogP contribution in [0.5, 0.6) is 0 Å². The maximum atomic E-state index is 4.51. The van der Waals surface area contributed by atoms with Gasteiger partial charge in [-0.2, -0.15) is 0 Å². The molecule has 1 nitrogen and oxygen atoms in total. The standard InChI is InChI=1S/C11H16BrN/c1-4-5-9-6-10(12)11(8(2)3)13-7-9/h6,9H,2,4-5,7H2,1,3H3. The lowest BCUT2D eigenvalue weighted by Crippen LogP contribution is -2.13. The fourth-order valence-corrected chi connectivity index (χ4v) is 2.34. The summed E-state index contributed by atoms with van der Waals surface area (Å²) in [5.74, 6) is 0.613. The van der Waals surface area contributed by atoms with Crippen molar-refractivity contribution in [1.29, 1.82) is 0 Å². The van der Waals surface area contributed by atoms with Gasteiger partial charge < -0.3 is 0 Å². The Labute approximate surface area is 88.8 Å². The molecule has 0 aromatic rings. The Morgan fingerprint density at radius 1 is 1.77 bits per heavy atom. The normalized spacial score (nSPS) is 22.2. The van der Waals surface area contributed by atoms with E-state index in [1.54, 1.807) is 0 Å². The van der Waals surface area contributed by atoms with Gasteiger partial charge in [0.2, 0.25) is 0 Å². The zero-order valence-corrected chi connectivity index (χ0v) is 9.89. The average Bonchev–Trinajstić information content (AvgIpc) is 2.04. The molecule has 0 saturated heterocycles. The molecule has 0 saturated carbocycles. The van der Waals surface area contributed by atoms with Gasteiger partial charge in [0.1, 0.15) is 0 Å². The molecule has 0 spiro atoms. The van der Waals surface area contributed by atoms with Crippen molar-refractivity contribution in [2.45, 2.75) is 26.7 Å². The van der Waals surface area contributed by atoms with E-state index in [0.29, 0.717) is 5.92 Å². The number of allylic oxidation sites excluding steroid dienone is 2. The van der Waals surface area contributed by atoms with Crippen LogP contribution in [-0.2, 0) is 0 Å². The molecule has 1 aliphatic heterocycles. The number of rotatable bonds is 3. The maximum absolute atomic E-state index is 4.51. The van der Waals surface area contributed by atoms with Gasteiger partial charge >= 0.3 is 0 Å². The van der Waals surface area contributed by atoms with Crippen molar-refractivity contribution in [3.63, 3.8) is 0 Å². The van der Waals surface area contributed by atoms with E-state index in [2.05, 4.69) is 40.5 Å². The van der Waals surface area contributed by atoms with Crippen LogP contribution in [-0.4, -0.2) is 12.3 Å². The first-order valence-electron chi connectivity index (χ1n) is 4.73. The van der Waals surface area contributed by atoms with Gasteiger partial charge in [-0.3, -0.25) is 4.99 Å². The fraction of sp³-hybridized carbons (Fsp3) is 0.545. The third-order valence-corrected chi connectivity index (χ3v) is 2.80. The lowest BCUT2D eigenvalue weighted by molar-refractivity contribution is 0.587. The lowest BCUT2D eigenvalue weighted by atomic mass is 9.99. The maximum Gasteiger partial charge on any atom is 0.0736 e. The summed E-state index contributed by atoms with van der Waals surface area (Å²) in [4.78, 5) is 4.51. The summed E-state index contributed by atoms with van der Waals surface area (Å²) in [6, 6.07) is 0. The van der Waals surface area contributed by atoms with E-state index in [0.717, 1.165) is 22.3 Å². The quantitative estimate of drug-likeness (QED) is 0.715. The molecule has 0 aromatic heterocycles. The van der Waals surface area contributed by atoms with Gasteiger partial charge in [-0.05, 0) is 40.8 Å². The van der Waals surface area contributed by atoms with E-state index in [4.69, 9.17) is 0 Å². The van der Waals surface area contributed by atoms with Crippen LogP contribution in [0.25, 0.3) is 0 Å². The van der Waals surface area contributed by atoms with Crippen LogP contribution in [0.2, 0.25) is 0 Å². The first kappa shape index (κ1) is 10.7. The van der Waals surface area contributed by atoms with Gasteiger partial charge in [-0.15, -0.1) is 0 Å². The van der Waals surface area contributed by atoms with Gasteiger partial charge in [0.05, 0.1) is 5.71 Å². The first-order chi connectivity index (χ1) is 6.15. The molecule has 0 bridgehead atoms. The molecule has 72 valence electrons. The van der Waals surface area contributed by atoms with E-state index < -0.39 is 0 Å². The Hall–Kier alpha value is -0.370. The van der Waals surface area contributed by atoms with Crippen LogP contribution in [0.3, 0.4) is 0 Å². The van der Waals surface area contributed by atoms with Gasteiger partial charge in [0.15, 0.2) is 0 Å². The summed E-state index contributed by atoms with van der Waals surface area (Å²) in [6.07, 6.45) is 4.71. The highest BCUT2D eigenvalue weighted by molar-refractivity contribution is 9.12. The summed E-state index contributed by atoms with van der Waals surface area (Å²) in [5, 5.41) is 0. The van der Waals surface area contributed by atoms with E-state index in [-0.39, 0.29) is 0 Å². The first-order valence-corrected chi connectivity index (χ1v) is 5.52. The van der Waals surface area contributed by atoms with Crippen molar-refractivity contribution >= 4 is 21.6 Å². The summed E-state index contributed by atoms with van der Waals surface area (Å²) < 4.78 is 1.12. The second-order valence-electron chi connectivity index (χ2n) is 3.53. The van der Waals surface area contributed by atoms with Crippen molar-refractivity contribution in [3.8, 4) is 0 Å². The molecular weight excluding hydrogens is 226 g/mol. The Morgan fingerprint density at radius 3 is 2.92 bits per heavy atom. The number of hydrogen-bond donors (Lipinski definition) is 0. The van der Waals surface area contributed by atoms with Crippen LogP contribution in [0.15, 0.2) is 27.7 Å². The zero-order chi connectivity index (χ0) is 9.84. The number of aliphatic imine (C=N–C) groups is 1. The van der Waals surface area contributed by atoms with E-state index in [9.17, 15) is 0 Å². The molecule has 0 fully saturated rings. The van der Waals surface area contributed by atoms with Crippen molar-refractivity contribution in [3.05, 3.63) is 22.7 Å². The second-order valence-corrected chi connectivity index (χ2v) is 4.39. The van der Waals surface area contributed by atoms with Crippen molar-refractivity contribution < 1.29 is 0 Å². The molecule has 0 amide bonds. The molecule has 1 aliphatic rings. The average molecular weight is 242 g/mol. The van der Waals surface area contributed by atoms with E-state index >= 15 is 0 Å². The minimum atomic E-state index is 0.613. The Bertz CT molecular complexity index is 263.